The van der Waals surface area contributed by atoms with Crippen LogP contribution in [0.3, 0.4) is 0 Å². The molecule has 66 heavy (non-hydrogen) atoms. The van der Waals surface area contributed by atoms with Crippen molar-refractivity contribution in [1.29, 1.82) is 0 Å². The zero-order chi connectivity index (χ0) is 44.0. The molecule has 1 aliphatic rings. The molecule has 2 atom stereocenters. The highest BCUT2D eigenvalue weighted by Gasteiger charge is 2.23. The van der Waals surface area contributed by atoms with Gasteiger partial charge in [0.2, 0.25) is 0 Å². The minimum Gasteiger partial charge on any atom is -0.455 e. The zero-order valence-electron chi connectivity index (χ0n) is 36.8. The van der Waals surface area contributed by atoms with Crippen molar-refractivity contribution in [2.45, 2.75) is 32.1 Å². The Kier molecular flexibility index (Phi) is 10.1. The number of allylic oxidation sites excluding steroid dienone is 1. The molecule has 316 valence electrons. The lowest BCUT2D eigenvalue weighted by Crippen LogP contribution is -2.09. The van der Waals surface area contributed by atoms with Crippen molar-refractivity contribution in [2.24, 2.45) is 10.9 Å². The molecule has 2 unspecified atom stereocenters. The number of hydrogen-bond acceptors (Lipinski definition) is 3. The molecule has 0 N–H and O–H groups in total. The lowest BCUT2D eigenvalue weighted by Gasteiger charge is -2.23. The average Bonchev–Trinajstić information content (AvgIpc) is 3.98. The normalized spacial score (nSPS) is 15.7. The van der Waals surface area contributed by atoms with Gasteiger partial charge in [-0.1, -0.05) is 195 Å². The number of benzene rings is 9. The topological polar surface area (TPSA) is 38.6 Å². The molecule has 0 spiro atoms. The van der Waals surface area contributed by atoms with Crippen LogP contribution in [-0.2, 0) is 0 Å². The fourth-order valence-electron chi connectivity index (χ4n) is 10.3. The summed E-state index contributed by atoms with van der Waals surface area (Å²) in [5.74, 6) is 0.645. The van der Waals surface area contributed by atoms with Crippen LogP contribution in [-0.4, -0.2) is 5.71 Å². The Morgan fingerprint density at radius 2 is 0.924 bits per heavy atom. The third kappa shape index (κ3) is 7.33. The summed E-state index contributed by atoms with van der Waals surface area (Å²) in [7, 11) is 0. The van der Waals surface area contributed by atoms with Crippen LogP contribution in [0.5, 0.6) is 0 Å². The van der Waals surface area contributed by atoms with E-state index in [0.717, 1.165) is 108 Å². The van der Waals surface area contributed by atoms with Crippen molar-refractivity contribution in [3.63, 3.8) is 0 Å². The van der Waals surface area contributed by atoms with Crippen LogP contribution in [0.15, 0.2) is 232 Å². The summed E-state index contributed by atoms with van der Waals surface area (Å²) in [6, 6.07) is 76.1. The van der Waals surface area contributed by atoms with Crippen LogP contribution in [0.1, 0.15) is 48.8 Å². The van der Waals surface area contributed by atoms with Crippen molar-refractivity contribution < 1.29 is 8.83 Å². The predicted octanol–water partition coefficient (Wildman–Crippen LogP) is 17.6. The molecule has 12 rings (SSSR count). The van der Waals surface area contributed by atoms with E-state index in [1.165, 1.54) is 27.8 Å². The number of furan rings is 2. The van der Waals surface area contributed by atoms with Gasteiger partial charge in [0.25, 0.3) is 0 Å². The van der Waals surface area contributed by atoms with E-state index in [9.17, 15) is 0 Å². The molecule has 0 saturated heterocycles. The number of hydrogen-bond donors (Lipinski definition) is 0. The molecule has 0 bridgehead atoms. The van der Waals surface area contributed by atoms with E-state index in [-0.39, 0.29) is 0 Å². The smallest absolute Gasteiger partial charge is 0.143 e. The first kappa shape index (κ1) is 39.6. The Bertz CT molecular complexity index is 3640. The van der Waals surface area contributed by atoms with Gasteiger partial charge in [-0.25, -0.2) is 0 Å². The monoisotopic (exact) mass is 849 g/mol. The van der Waals surface area contributed by atoms with Gasteiger partial charge in [-0.3, -0.25) is 4.99 Å². The lowest BCUT2D eigenvalue weighted by atomic mass is 9.81. The minimum absolute atomic E-state index is 0.291. The summed E-state index contributed by atoms with van der Waals surface area (Å²) in [5.41, 5.74) is 18.7. The maximum absolute atomic E-state index is 6.70. The summed E-state index contributed by atoms with van der Waals surface area (Å²) in [4.78, 5) is 5.37. The molecule has 0 fully saturated rings. The largest absolute Gasteiger partial charge is 0.455 e. The van der Waals surface area contributed by atoms with Crippen LogP contribution < -0.4 is 0 Å². The summed E-state index contributed by atoms with van der Waals surface area (Å²) < 4.78 is 13.1. The Balaban J connectivity index is 0.850. The first-order chi connectivity index (χ1) is 32.6. The number of nitrogens with zero attached hydrogens (tertiary/aromatic N) is 1. The van der Waals surface area contributed by atoms with E-state index in [0.29, 0.717) is 11.8 Å². The number of para-hydroxylation sites is 3. The predicted molar refractivity (Wildman–Crippen MR) is 276 cm³/mol. The maximum atomic E-state index is 6.70. The second-order valence-corrected chi connectivity index (χ2v) is 17.8. The number of rotatable bonds is 7. The van der Waals surface area contributed by atoms with Gasteiger partial charge < -0.3 is 8.83 Å². The maximum Gasteiger partial charge on any atom is 0.143 e. The summed E-state index contributed by atoms with van der Waals surface area (Å²) in [6.45, 7) is 2.37. The quantitative estimate of drug-likeness (QED) is 0.160. The lowest BCUT2D eigenvalue weighted by molar-refractivity contribution is 0.499. The highest BCUT2D eigenvalue weighted by Crippen LogP contribution is 2.42. The van der Waals surface area contributed by atoms with Gasteiger partial charge in [-0.2, -0.15) is 0 Å². The van der Waals surface area contributed by atoms with Crippen molar-refractivity contribution in [3.8, 4) is 44.5 Å². The first-order valence-electron chi connectivity index (χ1n) is 23.2. The van der Waals surface area contributed by atoms with Gasteiger partial charge in [-0.15, -0.1) is 0 Å². The highest BCUT2D eigenvalue weighted by atomic mass is 16.3. The van der Waals surface area contributed by atoms with E-state index in [4.69, 9.17) is 13.8 Å². The third-order valence-electron chi connectivity index (χ3n) is 13.6. The third-order valence-corrected chi connectivity index (χ3v) is 13.6. The van der Waals surface area contributed by atoms with E-state index >= 15 is 0 Å². The molecule has 0 saturated carbocycles. The number of fused-ring (bicyclic) bond motifs is 6. The van der Waals surface area contributed by atoms with E-state index in [1.807, 2.05) is 12.1 Å². The number of aliphatic imine (C=N–C) groups is 1. The fourth-order valence-corrected chi connectivity index (χ4v) is 10.3. The molecule has 3 nitrogen and oxygen atoms in total. The summed E-state index contributed by atoms with van der Waals surface area (Å²) >= 11 is 0. The molecule has 9 aromatic carbocycles. The Morgan fingerprint density at radius 1 is 0.409 bits per heavy atom. The molecule has 0 radical (unpaired) electrons. The van der Waals surface area contributed by atoms with Crippen LogP contribution in [0, 0.1) is 5.92 Å². The minimum atomic E-state index is 0.291. The second kappa shape index (κ2) is 16.8. The van der Waals surface area contributed by atoms with Crippen molar-refractivity contribution in [2.75, 3.05) is 0 Å². The second-order valence-electron chi connectivity index (χ2n) is 17.8. The fraction of sp³-hybridized carbons (Fsp3) is 0.0952. The van der Waals surface area contributed by atoms with Gasteiger partial charge in [0.05, 0.1) is 5.70 Å². The molecule has 0 aliphatic carbocycles. The van der Waals surface area contributed by atoms with Crippen LogP contribution in [0.25, 0.3) is 94.1 Å². The molecule has 0 amide bonds. The van der Waals surface area contributed by atoms with E-state index in [2.05, 4.69) is 213 Å². The van der Waals surface area contributed by atoms with Gasteiger partial charge >= 0.3 is 0 Å². The Morgan fingerprint density at radius 3 is 1.64 bits per heavy atom. The van der Waals surface area contributed by atoms with Crippen LogP contribution in [0.2, 0.25) is 0 Å². The molecular formula is C63H47NO2. The van der Waals surface area contributed by atoms with E-state index < -0.39 is 0 Å². The van der Waals surface area contributed by atoms with Crippen molar-refractivity contribution in [1.82, 2.24) is 0 Å². The highest BCUT2D eigenvalue weighted by molar-refractivity contribution is 6.13. The zero-order valence-corrected chi connectivity index (χ0v) is 36.8. The van der Waals surface area contributed by atoms with Gasteiger partial charge in [-0.05, 0) is 112 Å². The summed E-state index contributed by atoms with van der Waals surface area (Å²) in [5, 5.41) is 4.44. The van der Waals surface area contributed by atoms with Crippen LogP contribution in [0.4, 0.5) is 0 Å². The van der Waals surface area contributed by atoms with Crippen molar-refractivity contribution >= 4 is 55.3 Å². The molecular weight excluding hydrogens is 803 g/mol. The first-order valence-corrected chi connectivity index (χ1v) is 23.2. The van der Waals surface area contributed by atoms with Crippen LogP contribution >= 0.6 is 0 Å². The Hall–Kier alpha value is -8.01. The standard InChI is InChI=1S/C63H47NO2/c1-41-36-59(43-18-6-3-7-19-43)64-58(42-16-4-2-5-17-42)32-15-27-51(41)48-24-11-22-46(38-48)44-20-10-21-45(37-44)47-23-12-25-49(39-47)52-28-14-31-56-57-40-50(34-35-61(57)66-63(52)56)53-29-13-30-55-54-26-8-9-33-60(54)65-62(53)55/h2-14,16-26,28-31,33-41,51H,15,27,32H2,1H3. The summed E-state index contributed by atoms with van der Waals surface area (Å²) in [6.07, 6.45) is 5.49. The van der Waals surface area contributed by atoms with Crippen molar-refractivity contribution in [3.05, 3.63) is 235 Å². The van der Waals surface area contributed by atoms with Gasteiger partial charge in [0.15, 0.2) is 0 Å². The molecule has 3 heterocycles. The molecule has 2 aromatic heterocycles. The van der Waals surface area contributed by atoms with E-state index in [1.54, 1.807) is 0 Å². The molecule has 1 aliphatic heterocycles. The average molecular weight is 850 g/mol. The Labute approximate surface area is 385 Å². The van der Waals surface area contributed by atoms with Gasteiger partial charge in [0.1, 0.15) is 22.3 Å². The van der Waals surface area contributed by atoms with Gasteiger partial charge in [0, 0.05) is 38.4 Å². The molecule has 11 aromatic rings. The molecule has 3 heteroatoms. The SMILES string of the molecule is CC1C=C(c2ccccc2)N=C(c2ccccc2)CCCC1c1cccc(-c2cccc(-c3cccc(-c4cccc5c4oc4ccc(-c6cccc7c6oc6ccccc67)cc45)c3)c2)c1.